The zero-order valence-electron chi connectivity index (χ0n) is 20.6. The predicted octanol–water partition coefficient (Wildman–Crippen LogP) is 7.13. The Morgan fingerprint density at radius 3 is 2.27 bits per heavy atom. The molecule has 1 saturated heterocycles. The summed E-state index contributed by atoms with van der Waals surface area (Å²) in [5.74, 6) is -2.10. The number of piperidine rings is 1. The summed E-state index contributed by atoms with van der Waals surface area (Å²) in [6, 6.07) is 11.4. The molecule has 4 nitrogen and oxygen atoms in total. The average Bonchev–Trinajstić information content (AvgIpc) is 2.87. The number of halogens is 4. The van der Waals surface area contributed by atoms with Crippen LogP contribution in [0.25, 0.3) is 0 Å². The topological polar surface area (TPSA) is 40.6 Å². The van der Waals surface area contributed by atoms with Crippen molar-refractivity contribution in [2.75, 3.05) is 23.9 Å². The fraction of sp³-hybridized carbons (Fsp3) is 0.357. The molecule has 1 aliphatic heterocycles. The van der Waals surface area contributed by atoms with E-state index in [4.69, 9.17) is 11.6 Å². The smallest absolute Gasteiger partial charge is 0.264 e. The van der Waals surface area contributed by atoms with E-state index < -0.39 is 39.2 Å². The summed E-state index contributed by atoms with van der Waals surface area (Å²) >= 11 is 5.95. The van der Waals surface area contributed by atoms with Crippen molar-refractivity contribution in [3.8, 4) is 0 Å². The lowest BCUT2D eigenvalue weighted by atomic mass is 9.97. The van der Waals surface area contributed by atoms with E-state index in [2.05, 4.69) is 4.90 Å². The maximum absolute atomic E-state index is 15.0. The van der Waals surface area contributed by atoms with Gasteiger partial charge in [0.1, 0.15) is 17.5 Å². The normalized spacial score (nSPS) is 15.5. The Labute approximate surface area is 221 Å². The first-order valence-electron chi connectivity index (χ1n) is 12.4. The van der Waals surface area contributed by atoms with Crippen LogP contribution in [0.15, 0.2) is 65.6 Å². The number of aryl methyl sites for hydroxylation is 1. The molecular formula is C28H30ClF3N2O2S. The first-order valence-corrected chi connectivity index (χ1v) is 14.2. The molecule has 1 heterocycles. The van der Waals surface area contributed by atoms with E-state index in [0.717, 1.165) is 48.6 Å². The van der Waals surface area contributed by atoms with Gasteiger partial charge in [0.15, 0.2) is 0 Å². The van der Waals surface area contributed by atoms with Crippen molar-refractivity contribution < 1.29 is 21.6 Å². The van der Waals surface area contributed by atoms with Gasteiger partial charge in [-0.2, -0.15) is 0 Å². The highest BCUT2D eigenvalue weighted by Gasteiger charge is 2.33. The molecule has 0 N–H and O–H groups in total. The average molecular weight is 551 g/mol. The van der Waals surface area contributed by atoms with Gasteiger partial charge in [-0.25, -0.2) is 21.6 Å². The fourth-order valence-electron chi connectivity index (χ4n) is 4.92. The van der Waals surface area contributed by atoms with Crippen molar-refractivity contribution >= 4 is 27.3 Å². The monoisotopic (exact) mass is 550 g/mol. The summed E-state index contributed by atoms with van der Waals surface area (Å²) < 4.78 is 72.1. The van der Waals surface area contributed by atoms with E-state index in [-0.39, 0.29) is 4.90 Å². The molecule has 198 valence electrons. The van der Waals surface area contributed by atoms with Gasteiger partial charge in [0, 0.05) is 11.1 Å². The molecule has 37 heavy (non-hydrogen) atoms. The second-order valence-electron chi connectivity index (χ2n) is 9.38. The largest absolute Gasteiger partial charge is 0.303 e. The van der Waals surface area contributed by atoms with E-state index in [1.807, 2.05) is 0 Å². The molecule has 0 spiro atoms. The van der Waals surface area contributed by atoms with Crippen LogP contribution in [0.1, 0.15) is 49.8 Å². The van der Waals surface area contributed by atoms with Crippen LogP contribution < -0.4 is 4.31 Å². The minimum atomic E-state index is -4.36. The van der Waals surface area contributed by atoms with Gasteiger partial charge in [-0.3, -0.25) is 4.31 Å². The summed E-state index contributed by atoms with van der Waals surface area (Å²) in [5.41, 5.74) is 0.741. The van der Waals surface area contributed by atoms with Crippen LogP contribution >= 0.6 is 11.6 Å². The van der Waals surface area contributed by atoms with Crippen molar-refractivity contribution in [1.82, 2.24) is 4.90 Å². The Morgan fingerprint density at radius 1 is 0.919 bits per heavy atom. The number of rotatable bonds is 9. The van der Waals surface area contributed by atoms with E-state index in [9.17, 15) is 17.2 Å². The Hall–Kier alpha value is -2.55. The Bertz CT molecular complexity index is 1330. The first kappa shape index (κ1) is 27.5. The molecule has 3 aromatic rings. The van der Waals surface area contributed by atoms with Crippen molar-refractivity contribution in [3.63, 3.8) is 0 Å². The van der Waals surface area contributed by atoms with Crippen LogP contribution in [0.5, 0.6) is 0 Å². The predicted molar refractivity (Wildman–Crippen MR) is 141 cm³/mol. The summed E-state index contributed by atoms with van der Waals surface area (Å²) in [7, 11) is -4.36. The maximum atomic E-state index is 15.0. The van der Waals surface area contributed by atoms with Gasteiger partial charge >= 0.3 is 0 Å². The maximum Gasteiger partial charge on any atom is 0.264 e. The molecule has 0 aliphatic carbocycles. The minimum absolute atomic E-state index is 0.124. The SMILES string of the molecule is CC(c1ccc(F)cc1CCCN1CCCCC1)N(c1cc(F)ccc1F)S(=O)(=O)c1ccc(Cl)cc1. The molecule has 3 aromatic carbocycles. The van der Waals surface area contributed by atoms with Crippen LogP contribution in [0.4, 0.5) is 18.9 Å². The van der Waals surface area contributed by atoms with Gasteiger partial charge in [-0.05, 0) is 112 Å². The van der Waals surface area contributed by atoms with Crippen LogP contribution in [-0.4, -0.2) is 33.0 Å². The van der Waals surface area contributed by atoms with Crippen LogP contribution in [0.2, 0.25) is 5.02 Å². The van der Waals surface area contributed by atoms with Gasteiger partial charge < -0.3 is 4.90 Å². The number of anilines is 1. The summed E-state index contributed by atoms with van der Waals surface area (Å²) in [5, 5.41) is 0.338. The zero-order valence-corrected chi connectivity index (χ0v) is 22.2. The molecule has 0 saturated carbocycles. The van der Waals surface area contributed by atoms with Gasteiger partial charge in [0.2, 0.25) is 0 Å². The van der Waals surface area contributed by atoms with E-state index in [1.165, 1.54) is 61.7 Å². The lowest BCUT2D eigenvalue weighted by Crippen LogP contribution is -2.35. The first-order chi connectivity index (χ1) is 17.7. The van der Waals surface area contributed by atoms with Crippen LogP contribution in [0.3, 0.4) is 0 Å². The third kappa shape index (κ3) is 6.48. The van der Waals surface area contributed by atoms with Crippen molar-refractivity contribution in [1.29, 1.82) is 0 Å². The molecule has 9 heteroatoms. The molecule has 1 unspecified atom stereocenters. The standard InChI is InChI=1S/C28H30ClF3N2O2S/c1-20(26-13-9-23(30)18-21(26)6-5-17-33-15-3-2-4-16-33)34(28-19-24(31)10-14-27(28)32)37(35,36)25-11-7-22(29)8-12-25/h7-14,18-20H,2-6,15-17H2,1H3. The highest BCUT2D eigenvalue weighted by Crippen LogP contribution is 2.37. The number of nitrogens with zero attached hydrogens (tertiary/aromatic N) is 2. The molecule has 1 aliphatic rings. The van der Waals surface area contributed by atoms with Crippen molar-refractivity contribution in [3.05, 3.63) is 94.3 Å². The zero-order chi connectivity index (χ0) is 26.6. The van der Waals surface area contributed by atoms with Gasteiger partial charge in [-0.1, -0.05) is 24.1 Å². The van der Waals surface area contributed by atoms with E-state index in [0.29, 0.717) is 22.6 Å². The lowest BCUT2D eigenvalue weighted by molar-refractivity contribution is 0.226. The lowest BCUT2D eigenvalue weighted by Gasteiger charge is -2.32. The highest BCUT2D eigenvalue weighted by molar-refractivity contribution is 7.92. The molecule has 0 bridgehead atoms. The summed E-state index contributed by atoms with van der Waals surface area (Å²) in [6.07, 6.45) is 4.85. The third-order valence-corrected chi connectivity index (χ3v) is 8.94. The van der Waals surface area contributed by atoms with Gasteiger partial charge in [-0.15, -0.1) is 0 Å². The van der Waals surface area contributed by atoms with Crippen molar-refractivity contribution in [2.24, 2.45) is 0 Å². The fourth-order valence-corrected chi connectivity index (χ4v) is 6.68. The Morgan fingerprint density at radius 2 is 1.57 bits per heavy atom. The summed E-state index contributed by atoms with van der Waals surface area (Å²) in [4.78, 5) is 2.26. The number of hydrogen-bond donors (Lipinski definition) is 0. The number of likely N-dealkylation sites (tertiary alicyclic amines) is 1. The van der Waals surface area contributed by atoms with E-state index in [1.54, 1.807) is 6.92 Å². The highest BCUT2D eigenvalue weighted by atomic mass is 35.5. The summed E-state index contributed by atoms with van der Waals surface area (Å²) in [6.45, 7) is 4.53. The Balaban J connectivity index is 1.73. The molecule has 1 fully saturated rings. The molecular weight excluding hydrogens is 521 g/mol. The van der Waals surface area contributed by atoms with Crippen LogP contribution in [0, 0.1) is 17.5 Å². The van der Waals surface area contributed by atoms with Gasteiger partial charge in [0.25, 0.3) is 10.0 Å². The van der Waals surface area contributed by atoms with Gasteiger partial charge in [0.05, 0.1) is 16.6 Å². The number of sulfonamides is 1. The van der Waals surface area contributed by atoms with E-state index >= 15 is 4.39 Å². The molecule has 0 amide bonds. The second kappa shape index (κ2) is 11.9. The second-order valence-corrected chi connectivity index (χ2v) is 11.6. The third-order valence-electron chi connectivity index (χ3n) is 6.79. The van der Waals surface area contributed by atoms with Crippen LogP contribution in [-0.2, 0) is 16.4 Å². The minimum Gasteiger partial charge on any atom is -0.303 e. The molecule has 0 aromatic heterocycles. The molecule has 0 radical (unpaired) electrons. The molecule has 4 rings (SSSR count). The van der Waals surface area contributed by atoms with Crippen molar-refractivity contribution in [2.45, 2.75) is 50.0 Å². The number of hydrogen-bond acceptors (Lipinski definition) is 3. The number of benzene rings is 3. The Kier molecular flexibility index (Phi) is 8.82. The molecule has 1 atom stereocenters. The quantitative estimate of drug-likeness (QED) is 0.284.